The van der Waals surface area contributed by atoms with Gasteiger partial charge >= 0.3 is 12.0 Å². The number of nitrogens with two attached hydrogens (primary N) is 1. The average Bonchev–Trinajstić information content (AvgIpc) is 3.15. The second-order valence-electron chi connectivity index (χ2n) is 8.21. The third-order valence-electron chi connectivity index (χ3n) is 5.72. The molecule has 0 spiro atoms. The minimum absolute atomic E-state index is 0.0581. The van der Waals surface area contributed by atoms with Gasteiger partial charge in [-0.1, -0.05) is 12.1 Å². The highest BCUT2D eigenvalue weighted by Crippen LogP contribution is 2.33. The van der Waals surface area contributed by atoms with Crippen molar-refractivity contribution < 1.29 is 29.0 Å². The van der Waals surface area contributed by atoms with E-state index in [4.69, 9.17) is 10.5 Å². The quantitative estimate of drug-likeness (QED) is 0.204. The van der Waals surface area contributed by atoms with Crippen LogP contribution in [0, 0.1) is 6.92 Å². The molecule has 35 heavy (non-hydrogen) atoms. The summed E-state index contributed by atoms with van der Waals surface area (Å²) in [4.78, 5) is 47.4. The van der Waals surface area contributed by atoms with Crippen LogP contribution < -0.4 is 26.4 Å². The lowest BCUT2D eigenvalue weighted by atomic mass is 10.1. The number of fused-ring (bicyclic) bond motifs is 1. The van der Waals surface area contributed by atoms with Crippen LogP contribution in [0.1, 0.15) is 30.0 Å². The Labute approximate surface area is 200 Å². The minimum atomic E-state index is -0.670. The molecule has 0 bridgehead atoms. The highest BCUT2D eigenvalue weighted by molar-refractivity contribution is 6.00. The predicted octanol–water partition coefficient (Wildman–Crippen LogP) is 1.82. The molecular formula is C24H25N5O6. The van der Waals surface area contributed by atoms with E-state index in [9.17, 15) is 24.3 Å². The Kier molecular flexibility index (Phi) is 6.69. The molecule has 2 aromatic carbocycles. The van der Waals surface area contributed by atoms with Crippen LogP contribution in [0.2, 0.25) is 0 Å². The molecule has 4 amide bonds. The summed E-state index contributed by atoms with van der Waals surface area (Å²) in [7, 11) is 0. The largest absolute Gasteiger partial charge is 0.494 e. The number of nitrogens with zero attached hydrogens (tertiary/aromatic N) is 1. The van der Waals surface area contributed by atoms with Crippen LogP contribution in [-0.2, 0) is 20.9 Å². The van der Waals surface area contributed by atoms with Crippen LogP contribution in [-0.4, -0.2) is 40.0 Å². The molecular weight excluding hydrogens is 454 g/mol. The first-order valence-corrected chi connectivity index (χ1v) is 11.0. The molecule has 11 nitrogen and oxygen atoms in total. The van der Waals surface area contributed by atoms with Gasteiger partial charge in [0, 0.05) is 41.7 Å². The SMILES string of the molecule is Cc1ccc(NC(=O)NCc2ccc3c(O)n(C4CCC(=O)NC4=O)cc3c2)cc1OC(=O)CN. The van der Waals surface area contributed by atoms with Gasteiger partial charge in [0.05, 0.1) is 6.54 Å². The number of esters is 1. The van der Waals surface area contributed by atoms with E-state index < -0.39 is 23.9 Å². The van der Waals surface area contributed by atoms with Gasteiger partial charge in [-0.3, -0.25) is 19.7 Å². The molecule has 11 heteroatoms. The second kappa shape index (κ2) is 9.85. The summed E-state index contributed by atoms with van der Waals surface area (Å²) in [6.45, 7) is 1.72. The number of aromatic hydroxyl groups is 1. The first-order chi connectivity index (χ1) is 16.7. The van der Waals surface area contributed by atoms with Crippen molar-refractivity contribution in [2.24, 2.45) is 5.73 Å². The van der Waals surface area contributed by atoms with Gasteiger partial charge in [0.15, 0.2) is 5.88 Å². The number of ether oxygens (including phenoxy) is 1. The van der Waals surface area contributed by atoms with Gasteiger partial charge < -0.3 is 30.8 Å². The average molecular weight is 479 g/mol. The van der Waals surface area contributed by atoms with E-state index in [1.807, 2.05) is 0 Å². The van der Waals surface area contributed by atoms with Gasteiger partial charge in [0.1, 0.15) is 11.8 Å². The number of carbonyl (C=O) groups excluding carboxylic acids is 4. The third kappa shape index (κ3) is 5.25. The number of aryl methyl sites for hydroxylation is 1. The highest BCUT2D eigenvalue weighted by atomic mass is 16.5. The van der Waals surface area contributed by atoms with E-state index in [0.29, 0.717) is 28.6 Å². The fourth-order valence-corrected chi connectivity index (χ4v) is 3.88. The lowest BCUT2D eigenvalue weighted by Gasteiger charge is -2.22. The van der Waals surface area contributed by atoms with Crippen LogP contribution in [0.15, 0.2) is 42.6 Å². The van der Waals surface area contributed by atoms with Gasteiger partial charge in [0.2, 0.25) is 11.8 Å². The van der Waals surface area contributed by atoms with Gasteiger partial charge in [-0.25, -0.2) is 4.79 Å². The van der Waals surface area contributed by atoms with Gasteiger partial charge in [-0.15, -0.1) is 0 Å². The normalized spacial score (nSPS) is 15.5. The van der Waals surface area contributed by atoms with Crippen LogP contribution in [0.25, 0.3) is 10.8 Å². The lowest BCUT2D eigenvalue weighted by molar-refractivity contribution is -0.136. The van der Waals surface area contributed by atoms with Crippen molar-refractivity contribution in [3.05, 3.63) is 53.7 Å². The maximum atomic E-state index is 12.4. The monoisotopic (exact) mass is 479 g/mol. The number of anilines is 1. The number of amides is 4. The minimum Gasteiger partial charge on any atom is -0.494 e. The first kappa shape index (κ1) is 23.8. The van der Waals surface area contributed by atoms with Crippen molar-refractivity contribution >= 4 is 40.3 Å². The molecule has 3 aromatic rings. The Hall–Kier alpha value is -4.38. The number of aromatic nitrogens is 1. The summed E-state index contributed by atoms with van der Waals surface area (Å²) < 4.78 is 6.62. The number of hydrogen-bond acceptors (Lipinski definition) is 7. The van der Waals surface area contributed by atoms with Gasteiger partial charge in [-0.2, -0.15) is 0 Å². The van der Waals surface area contributed by atoms with Crippen LogP contribution in [0.5, 0.6) is 11.6 Å². The molecule has 1 fully saturated rings. The molecule has 0 saturated carbocycles. The third-order valence-corrected chi connectivity index (χ3v) is 5.72. The molecule has 1 atom stereocenters. The molecule has 0 radical (unpaired) electrons. The number of urea groups is 1. The molecule has 1 aromatic heterocycles. The fraction of sp³-hybridized carbons (Fsp3) is 0.250. The van der Waals surface area contributed by atoms with Crippen molar-refractivity contribution in [3.8, 4) is 11.6 Å². The van der Waals surface area contributed by atoms with E-state index in [-0.39, 0.29) is 31.3 Å². The summed E-state index contributed by atoms with van der Waals surface area (Å²) in [6.07, 6.45) is 2.16. The zero-order valence-electron chi connectivity index (χ0n) is 19.0. The van der Waals surface area contributed by atoms with E-state index in [1.54, 1.807) is 43.5 Å². The Morgan fingerprint density at radius 2 is 2.03 bits per heavy atom. The molecule has 182 valence electrons. The van der Waals surface area contributed by atoms with Crippen LogP contribution >= 0.6 is 0 Å². The van der Waals surface area contributed by atoms with Crippen LogP contribution in [0.4, 0.5) is 10.5 Å². The molecule has 4 rings (SSSR count). The molecule has 0 aliphatic carbocycles. The summed E-state index contributed by atoms with van der Waals surface area (Å²) >= 11 is 0. The molecule has 1 unspecified atom stereocenters. The predicted molar refractivity (Wildman–Crippen MR) is 127 cm³/mol. The maximum Gasteiger partial charge on any atom is 0.325 e. The Morgan fingerprint density at radius 3 is 2.77 bits per heavy atom. The van der Waals surface area contributed by atoms with E-state index >= 15 is 0 Å². The maximum absolute atomic E-state index is 12.4. The van der Waals surface area contributed by atoms with E-state index in [1.165, 1.54) is 10.6 Å². The van der Waals surface area contributed by atoms with Crippen molar-refractivity contribution in [2.75, 3.05) is 11.9 Å². The topological polar surface area (TPSA) is 165 Å². The second-order valence-corrected chi connectivity index (χ2v) is 8.21. The molecule has 1 aliphatic heterocycles. The van der Waals surface area contributed by atoms with E-state index in [2.05, 4.69) is 16.0 Å². The number of imide groups is 1. The van der Waals surface area contributed by atoms with Crippen molar-refractivity contribution in [1.29, 1.82) is 0 Å². The first-order valence-electron chi connectivity index (χ1n) is 11.0. The fourth-order valence-electron chi connectivity index (χ4n) is 3.88. The molecule has 2 heterocycles. The number of piperidine rings is 1. The Morgan fingerprint density at radius 1 is 1.23 bits per heavy atom. The summed E-state index contributed by atoms with van der Waals surface area (Å²) in [5, 5.41) is 19.6. The smallest absolute Gasteiger partial charge is 0.325 e. The van der Waals surface area contributed by atoms with Crippen molar-refractivity contribution in [1.82, 2.24) is 15.2 Å². The number of hydrogen-bond donors (Lipinski definition) is 5. The number of carbonyl (C=O) groups is 4. The molecule has 1 aliphatic rings. The number of benzene rings is 2. The van der Waals surface area contributed by atoms with Gasteiger partial charge in [-0.05, 0) is 42.7 Å². The molecule has 1 saturated heterocycles. The molecule has 6 N–H and O–H groups in total. The summed E-state index contributed by atoms with van der Waals surface area (Å²) in [5.74, 6) is -1.11. The lowest BCUT2D eigenvalue weighted by Crippen LogP contribution is -2.41. The number of rotatable bonds is 6. The summed E-state index contributed by atoms with van der Waals surface area (Å²) in [5.41, 5.74) is 7.21. The highest BCUT2D eigenvalue weighted by Gasteiger charge is 2.30. The van der Waals surface area contributed by atoms with Crippen molar-refractivity contribution in [3.63, 3.8) is 0 Å². The van der Waals surface area contributed by atoms with E-state index in [0.717, 1.165) is 11.1 Å². The van der Waals surface area contributed by atoms with Gasteiger partial charge in [0.25, 0.3) is 0 Å². The Balaban J connectivity index is 1.42. The van der Waals surface area contributed by atoms with Crippen molar-refractivity contribution in [2.45, 2.75) is 32.4 Å². The zero-order valence-corrected chi connectivity index (χ0v) is 19.0. The standard InChI is InChI=1S/C24H25N5O6/c1-13-2-4-16(9-19(13)35-21(31)10-25)27-24(34)26-11-14-3-5-17-15(8-14)12-29(23(17)33)18-6-7-20(30)28-22(18)32/h2-5,8-9,12,18,33H,6-7,10-11,25H2,1H3,(H2,26,27,34)(H,28,30,32). The van der Waals surface area contributed by atoms with Crippen LogP contribution in [0.3, 0.4) is 0 Å². The Bertz CT molecular complexity index is 1330. The summed E-state index contributed by atoms with van der Waals surface area (Å²) in [6, 6.07) is 9.06. The zero-order chi connectivity index (χ0) is 25.1. The number of nitrogens with one attached hydrogen (secondary N) is 3.